The molecular formula is C16H25N3O. The number of aryl methyl sites for hydroxylation is 1. The normalized spacial score (nSPS) is 14.6. The number of ether oxygens (including phenoxy) is 1. The van der Waals surface area contributed by atoms with Crippen molar-refractivity contribution in [3.05, 3.63) is 30.0 Å². The second-order valence-electron chi connectivity index (χ2n) is 5.12. The van der Waals surface area contributed by atoms with E-state index in [1.807, 2.05) is 18.7 Å². The van der Waals surface area contributed by atoms with Gasteiger partial charge in [-0.1, -0.05) is 25.1 Å². The minimum Gasteiger partial charge on any atom is -0.377 e. The first-order valence-corrected chi connectivity index (χ1v) is 7.43. The molecule has 0 saturated heterocycles. The van der Waals surface area contributed by atoms with Crippen molar-refractivity contribution >= 4 is 10.9 Å². The van der Waals surface area contributed by atoms with E-state index in [2.05, 4.69) is 48.5 Å². The van der Waals surface area contributed by atoms with Crippen LogP contribution in [0.25, 0.3) is 10.9 Å². The Labute approximate surface area is 121 Å². The molecule has 2 rings (SSSR count). The summed E-state index contributed by atoms with van der Waals surface area (Å²) in [5, 5.41) is 9.43. The van der Waals surface area contributed by atoms with Crippen LogP contribution in [0, 0.1) is 0 Å². The van der Waals surface area contributed by atoms with Crippen molar-refractivity contribution in [2.75, 3.05) is 13.2 Å². The first kappa shape index (κ1) is 15.0. The van der Waals surface area contributed by atoms with Crippen molar-refractivity contribution in [3.63, 3.8) is 0 Å². The molecule has 0 amide bonds. The minimum atomic E-state index is 0.181. The predicted octanol–water partition coefficient (Wildman–Crippen LogP) is 2.52. The molecule has 0 saturated carbocycles. The molecule has 2 aromatic rings. The summed E-state index contributed by atoms with van der Waals surface area (Å²) in [6.45, 7) is 7.97. The third-order valence-electron chi connectivity index (χ3n) is 3.71. The lowest BCUT2D eigenvalue weighted by Gasteiger charge is -2.24. The first-order chi connectivity index (χ1) is 9.67. The molecule has 0 fully saturated rings. The molecule has 2 unspecified atom stereocenters. The van der Waals surface area contributed by atoms with Gasteiger partial charge < -0.3 is 10.1 Å². The van der Waals surface area contributed by atoms with Gasteiger partial charge in [-0.25, -0.2) is 0 Å². The van der Waals surface area contributed by atoms with Gasteiger partial charge in [-0.2, -0.15) is 5.10 Å². The molecule has 1 heterocycles. The second kappa shape index (κ2) is 6.86. The van der Waals surface area contributed by atoms with Crippen LogP contribution in [0.3, 0.4) is 0 Å². The Hall–Kier alpha value is -1.39. The summed E-state index contributed by atoms with van der Waals surface area (Å²) < 4.78 is 7.71. The molecule has 0 aliphatic heterocycles. The largest absolute Gasteiger partial charge is 0.377 e. The topological polar surface area (TPSA) is 39.1 Å². The Balaban J connectivity index is 2.24. The first-order valence-electron chi connectivity index (χ1n) is 7.43. The van der Waals surface area contributed by atoms with Gasteiger partial charge >= 0.3 is 0 Å². The number of hydrogen-bond acceptors (Lipinski definition) is 3. The highest BCUT2D eigenvalue weighted by Crippen LogP contribution is 2.19. The fourth-order valence-electron chi connectivity index (χ4n) is 2.69. The van der Waals surface area contributed by atoms with Crippen molar-refractivity contribution in [3.8, 4) is 0 Å². The summed E-state index contributed by atoms with van der Waals surface area (Å²) >= 11 is 0. The van der Waals surface area contributed by atoms with E-state index < -0.39 is 0 Å². The summed E-state index contributed by atoms with van der Waals surface area (Å²) in [5.74, 6) is 0. The van der Waals surface area contributed by atoms with Gasteiger partial charge in [0.25, 0.3) is 0 Å². The highest BCUT2D eigenvalue weighted by molar-refractivity contribution is 5.81. The molecule has 1 aromatic heterocycles. The summed E-state index contributed by atoms with van der Waals surface area (Å²) in [5.41, 5.74) is 2.32. The van der Waals surface area contributed by atoms with Gasteiger partial charge in [-0.15, -0.1) is 0 Å². The van der Waals surface area contributed by atoms with E-state index in [9.17, 15) is 0 Å². The summed E-state index contributed by atoms with van der Waals surface area (Å²) in [6, 6.07) is 8.67. The molecule has 4 nitrogen and oxygen atoms in total. The number of aromatic nitrogens is 2. The fourth-order valence-corrected chi connectivity index (χ4v) is 2.69. The Bertz CT molecular complexity index is 550. The van der Waals surface area contributed by atoms with Crippen molar-refractivity contribution in [2.45, 2.75) is 39.3 Å². The molecular weight excluding hydrogens is 250 g/mol. The maximum atomic E-state index is 5.75. The van der Waals surface area contributed by atoms with Crippen LogP contribution in [0.5, 0.6) is 0 Å². The molecule has 0 radical (unpaired) electrons. The Kier molecular flexibility index (Phi) is 5.15. The van der Waals surface area contributed by atoms with Crippen LogP contribution in [0.1, 0.15) is 26.5 Å². The highest BCUT2D eigenvalue weighted by atomic mass is 16.5. The molecule has 20 heavy (non-hydrogen) atoms. The highest BCUT2D eigenvalue weighted by Gasteiger charge is 2.20. The third kappa shape index (κ3) is 3.19. The van der Waals surface area contributed by atoms with Crippen molar-refractivity contribution in [2.24, 2.45) is 7.05 Å². The summed E-state index contributed by atoms with van der Waals surface area (Å²) in [4.78, 5) is 0. The van der Waals surface area contributed by atoms with Crippen LogP contribution >= 0.6 is 0 Å². The number of para-hydroxylation sites is 1. The Morgan fingerprint density at radius 3 is 2.75 bits per heavy atom. The molecule has 110 valence electrons. The predicted molar refractivity (Wildman–Crippen MR) is 83.0 cm³/mol. The van der Waals surface area contributed by atoms with E-state index in [-0.39, 0.29) is 6.10 Å². The van der Waals surface area contributed by atoms with Crippen LogP contribution < -0.4 is 5.32 Å². The number of nitrogens with one attached hydrogen (secondary N) is 1. The van der Waals surface area contributed by atoms with Crippen molar-refractivity contribution < 1.29 is 4.74 Å². The van der Waals surface area contributed by atoms with E-state index in [0.717, 1.165) is 25.3 Å². The number of nitrogens with zero attached hydrogens (tertiary/aromatic N) is 2. The zero-order valence-corrected chi connectivity index (χ0v) is 12.9. The SMILES string of the molecule is CCNC(Cc1nn(C)c2ccccc12)C(C)OCC. The molecule has 0 bridgehead atoms. The molecule has 0 aliphatic carbocycles. The van der Waals surface area contributed by atoms with Gasteiger partial charge in [0.05, 0.1) is 17.3 Å². The third-order valence-corrected chi connectivity index (χ3v) is 3.71. The van der Waals surface area contributed by atoms with Gasteiger partial charge in [-0.3, -0.25) is 4.68 Å². The van der Waals surface area contributed by atoms with E-state index in [1.165, 1.54) is 10.9 Å². The van der Waals surface area contributed by atoms with E-state index >= 15 is 0 Å². The van der Waals surface area contributed by atoms with Crippen LogP contribution in [-0.2, 0) is 18.2 Å². The monoisotopic (exact) mass is 275 g/mol. The van der Waals surface area contributed by atoms with Crippen molar-refractivity contribution in [1.82, 2.24) is 15.1 Å². The molecule has 0 spiro atoms. The van der Waals surface area contributed by atoms with E-state index in [0.29, 0.717) is 6.04 Å². The second-order valence-corrected chi connectivity index (χ2v) is 5.12. The standard InChI is InChI=1S/C16H25N3O/c1-5-17-14(12(3)20-6-2)11-15-13-9-7-8-10-16(13)19(4)18-15/h7-10,12,14,17H,5-6,11H2,1-4H3. The van der Waals surface area contributed by atoms with Crippen LogP contribution in [0.15, 0.2) is 24.3 Å². The average molecular weight is 275 g/mol. The van der Waals surface area contributed by atoms with E-state index in [4.69, 9.17) is 4.74 Å². The number of hydrogen-bond donors (Lipinski definition) is 1. The Morgan fingerprint density at radius 2 is 2.05 bits per heavy atom. The molecule has 1 aromatic carbocycles. The van der Waals surface area contributed by atoms with Gasteiger partial charge in [-0.05, 0) is 26.5 Å². The zero-order valence-electron chi connectivity index (χ0n) is 12.9. The lowest BCUT2D eigenvalue weighted by molar-refractivity contribution is 0.0478. The quantitative estimate of drug-likeness (QED) is 0.844. The fraction of sp³-hybridized carbons (Fsp3) is 0.562. The molecule has 4 heteroatoms. The number of likely N-dealkylation sites (N-methyl/N-ethyl adjacent to an activating group) is 1. The van der Waals surface area contributed by atoms with Gasteiger partial charge in [0.2, 0.25) is 0 Å². The van der Waals surface area contributed by atoms with Crippen molar-refractivity contribution in [1.29, 1.82) is 0 Å². The van der Waals surface area contributed by atoms with E-state index in [1.54, 1.807) is 0 Å². The number of fused-ring (bicyclic) bond motifs is 1. The van der Waals surface area contributed by atoms with Gasteiger partial charge in [0.1, 0.15) is 0 Å². The Morgan fingerprint density at radius 1 is 1.30 bits per heavy atom. The van der Waals surface area contributed by atoms with Crippen LogP contribution in [0.2, 0.25) is 0 Å². The maximum Gasteiger partial charge on any atom is 0.0719 e. The maximum absolute atomic E-state index is 5.75. The molecule has 1 N–H and O–H groups in total. The van der Waals surface area contributed by atoms with Crippen LogP contribution in [-0.4, -0.2) is 35.1 Å². The minimum absolute atomic E-state index is 0.181. The summed E-state index contributed by atoms with van der Waals surface area (Å²) in [6.07, 6.45) is 1.07. The number of rotatable bonds is 7. The number of benzene rings is 1. The lowest BCUT2D eigenvalue weighted by atomic mass is 10.0. The molecule has 2 atom stereocenters. The van der Waals surface area contributed by atoms with Crippen LogP contribution in [0.4, 0.5) is 0 Å². The van der Waals surface area contributed by atoms with Gasteiger partial charge in [0.15, 0.2) is 0 Å². The zero-order chi connectivity index (χ0) is 14.5. The lowest BCUT2D eigenvalue weighted by Crippen LogP contribution is -2.41. The molecule has 0 aliphatic rings. The average Bonchev–Trinajstić information content (AvgIpc) is 2.76. The summed E-state index contributed by atoms with van der Waals surface area (Å²) in [7, 11) is 2.00. The smallest absolute Gasteiger partial charge is 0.0719 e. The van der Waals surface area contributed by atoms with Gasteiger partial charge in [0, 0.05) is 31.5 Å².